The van der Waals surface area contributed by atoms with Gasteiger partial charge in [-0.25, -0.2) is 0 Å². The highest BCUT2D eigenvalue weighted by Crippen LogP contribution is 2.34. The summed E-state index contributed by atoms with van der Waals surface area (Å²) in [6.07, 6.45) is 0.985. The van der Waals surface area contributed by atoms with Crippen LogP contribution in [-0.2, 0) is 0 Å². The second kappa shape index (κ2) is 7.43. The molecule has 4 nitrogen and oxygen atoms in total. The van der Waals surface area contributed by atoms with Crippen molar-refractivity contribution in [3.63, 3.8) is 0 Å². The van der Waals surface area contributed by atoms with Crippen LogP contribution in [0, 0.1) is 0 Å². The first kappa shape index (κ1) is 15.0. The third-order valence-electron chi connectivity index (χ3n) is 2.85. The molecule has 0 amide bonds. The van der Waals surface area contributed by atoms with E-state index < -0.39 is 0 Å². The van der Waals surface area contributed by atoms with Gasteiger partial charge in [0.25, 0.3) is 0 Å². The molecular weight excluding hydrogens is 266 g/mol. The van der Waals surface area contributed by atoms with Crippen LogP contribution >= 0.6 is 0 Å². The van der Waals surface area contributed by atoms with E-state index in [9.17, 15) is 0 Å². The van der Waals surface area contributed by atoms with Crippen molar-refractivity contribution < 1.29 is 14.2 Å². The summed E-state index contributed by atoms with van der Waals surface area (Å²) in [5, 5.41) is 0. The molecule has 0 heterocycles. The Morgan fingerprint density at radius 1 is 0.857 bits per heavy atom. The van der Waals surface area contributed by atoms with E-state index in [2.05, 4.69) is 6.92 Å². The SMILES string of the molecule is CCCOc1ccc(Oc2cccc(OCC)c2N)cc1. The number of rotatable bonds is 7. The van der Waals surface area contributed by atoms with Gasteiger partial charge < -0.3 is 19.9 Å². The van der Waals surface area contributed by atoms with Crippen LogP contribution < -0.4 is 19.9 Å². The molecule has 2 aromatic rings. The number of nitrogen functional groups attached to an aromatic ring is 1. The van der Waals surface area contributed by atoms with Crippen LogP contribution in [0.2, 0.25) is 0 Å². The molecule has 0 radical (unpaired) electrons. The number of hydrogen-bond acceptors (Lipinski definition) is 4. The van der Waals surface area contributed by atoms with Crippen molar-refractivity contribution in [3.05, 3.63) is 42.5 Å². The maximum atomic E-state index is 6.04. The van der Waals surface area contributed by atoms with Crippen LogP contribution in [0.25, 0.3) is 0 Å². The molecule has 112 valence electrons. The van der Waals surface area contributed by atoms with Crippen LogP contribution in [-0.4, -0.2) is 13.2 Å². The molecule has 0 saturated heterocycles. The summed E-state index contributed by atoms with van der Waals surface area (Å²) in [5.74, 6) is 2.76. The zero-order valence-corrected chi connectivity index (χ0v) is 12.5. The molecule has 0 unspecified atom stereocenters. The fourth-order valence-electron chi connectivity index (χ4n) is 1.85. The van der Waals surface area contributed by atoms with Crippen molar-refractivity contribution in [3.8, 4) is 23.0 Å². The fraction of sp³-hybridized carbons (Fsp3) is 0.294. The summed E-state index contributed by atoms with van der Waals surface area (Å²) in [6, 6.07) is 13.0. The summed E-state index contributed by atoms with van der Waals surface area (Å²) in [4.78, 5) is 0. The molecule has 2 N–H and O–H groups in total. The van der Waals surface area contributed by atoms with Gasteiger partial charge in [0, 0.05) is 0 Å². The summed E-state index contributed by atoms with van der Waals surface area (Å²) < 4.78 is 16.8. The molecule has 0 aliphatic rings. The van der Waals surface area contributed by atoms with Crippen molar-refractivity contribution in [1.29, 1.82) is 0 Å². The first-order valence-electron chi connectivity index (χ1n) is 7.16. The third-order valence-corrected chi connectivity index (χ3v) is 2.85. The average Bonchev–Trinajstić information content (AvgIpc) is 2.51. The van der Waals surface area contributed by atoms with Gasteiger partial charge in [-0.05, 0) is 49.7 Å². The van der Waals surface area contributed by atoms with E-state index in [4.69, 9.17) is 19.9 Å². The van der Waals surface area contributed by atoms with Crippen molar-refractivity contribution in [2.75, 3.05) is 18.9 Å². The fourth-order valence-corrected chi connectivity index (χ4v) is 1.85. The minimum atomic E-state index is 0.505. The van der Waals surface area contributed by atoms with E-state index in [1.807, 2.05) is 49.4 Å². The van der Waals surface area contributed by atoms with Gasteiger partial charge >= 0.3 is 0 Å². The minimum absolute atomic E-state index is 0.505. The Hall–Kier alpha value is -2.36. The normalized spacial score (nSPS) is 10.2. The van der Waals surface area contributed by atoms with Crippen LogP contribution in [0.15, 0.2) is 42.5 Å². The second-order valence-corrected chi connectivity index (χ2v) is 4.52. The lowest BCUT2D eigenvalue weighted by atomic mass is 10.2. The lowest BCUT2D eigenvalue weighted by Gasteiger charge is -2.12. The molecule has 0 fully saturated rings. The van der Waals surface area contributed by atoms with Gasteiger partial charge in [-0.2, -0.15) is 0 Å². The van der Waals surface area contributed by atoms with Crippen molar-refractivity contribution in [1.82, 2.24) is 0 Å². The van der Waals surface area contributed by atoms with Crippen molar-refractivity contribution in [2.45, 2.75) is 20.3 Å². The van der Waals surface area contributed by atoms with E-state index in [-0.39, 0.29) is 0 Å². The number of benzene rings is 2. The topological polar surface area (TPSA) is 53.7 Å². The van der Waals surface area contributed by atoms with Gasteiger partial charge in [0.2, 0.25) is 0 Å². The Morgan fingerprint density at radius 3 is 2.19 bits per heavy atom. The lowest BCUT2D eigenvalue weighted by molar-refractivity contribution is 0.317. The monoisotopic (exact) mass is 287 g/mol. The number of ether oxygens (including phenoxy) is 3. The largest absolute Gasteiger partial charge is 0.494 e. The Bertz CT molecular complexity index is 567. The van der Waals surface area contributed by atoms with E-state index in [0.29, 0.717) is 36.1 Å². The minimum Gasteiger partial charge on any atom is -0.494 e. The molecule has 2 rings (SSSR count). The Kier molecular flexibility index (Phi) is 5.32. The molecule has 21 heavy (non-hydrogen) atoms. The van der Waals surface area contributed by atoms with E-state index in [1.54, 1.807) is 0 Å². The van der Waals surface area contributed by atoms with Gasteiger partial charge in [0.1, 0.15) is 22.9 Å². The van der Waals surface area contributed by atoms with E-state index in [1.165, 1.54) is 0 Å². The predicted molar refractivity (Wildman–Crippen MR) is 84.3 cm³/mol. The van der Waals surface area contributed by atoms with Gasteiger partial charge in [-0.1, -0.05) is 13.0 Å². The predicted octanol–water partition coefficient (Wildman–Crippen LogP) is 4.25. The van der Waals surface area contributed by atoms with Crippen LogP contribution in [0.5, 0.6) is 23.0 Å². The van der Waals surface area contributed by atoms with Gasteiger partial charge in [0.05, 0.1) is 13.2 Å². The van der Waals surface area contributed by atoms with Gasteiger partial charge in [0.15, 0.2) is 5.75 Å². The van der Waals surface area contributed by atoms with Gasteiger partial charge in [-0.15, -0.1) is 0 Å². The Balaban J connectivity index is 2.09. The highest BCUT2D eigenvalue weighted by atomic mass is 16.5. The van der Waals surface area contributed by atoms with Gasteiger partial charge in [-0.3, -0.25) is 0 Å². The molecule has 4 heteroatoms. The summed E-state index contributed by atoms with van der Waals surface area (Å²) >= 11 is 0. The number of anilines is 1. The number of nitrogens with two attached hydrogens (primary N) is 1. The van der Waals surface area contributed by atoms with E-state index >= 15 is 0 Å². The standard InChI is InChI=1S/C17H21NO3/c1-3-12-20-13-8-10-14(11-9-13)21-16-7-5-6-15(17(16)18)19-4-2/h5-11H,3-4,12,18H2,1-2H3. The molecule has 0 aliphatic carbocycles. The first-order valence-corrected chi connectivity index (χ1v) is 7.16. The van der Waals surface area contributed by atoms with Crippen LogP contribution in [0.1, 0.15) is 20.3 Å². The molecule has 2 aromatic carbocycles. The Morgan fingerprint density at radius 2 is 1.52 bits per heavy atom. The number of hydrogen-bond donors (Lipinski definition) is 1. The zero-order chi connectivity index (χ0) is 15.1. The quantitative estimate of drug-likeness (QED) is 0.773. The maximum absolute atomic E-state index is 6.04. The average molecular weight is 287 g/mol. The number of para-hydroxylation sites is 1. The van der Waals surface area contributed by atoms with E-state index in [0.717, 1.165) is 12.2 Å². The van der Waals surface area contributed by atoms with Crippen LogP contribution in [0.3, 0.4) is 0 Å². The molecule has 0 atom stereocenters. The van der Waals surface area contributed by atoms with Crippen molar-refractivity contribution in [2.24, 2.45) is 0 Å². The third kappa shape index (κ3) is 4.05. The molecular formula is C17H21NO3. The molecule has 0 aliphatic heterocycles. The summed E-state index contributed by atoms with van der Waals surface area (Å²) in [7, 11) is 0. The molecule has 0 bridgehead atoms. The first-order chi connectivity index (χ1) is 10.2. The smallest absolute Gasteiger partial charge is 0.154 e. The molecule has 0 saturated carbocycles. The zero-order valence-electron chi connectivity index (χ0n) is 12.5. The highest BCUT2D eigenvalue weighted by molar-refractivity contribution is 5.63. The Labute approximate surface area is 125 Å². The van der Waals surface area contributed by atoms with Crippen LogP contribution in [0.4, 0.5) is 5.69 Å². The molecule has 0 spiro atoms. The summed E-state index contributed by atoms with van der Waals surface area (Å²) in [6.45, 7) is 5.27. The van der Waals surface area contributed by atoms with Crippen molar-refractivity contribution >= 4 is 5.69 Å². The maximum Gasteiger partial charge on any atom is 0.154 e. The highest BCUT2D eigenvalue weighted by Gasteiger charge is 2.08. The summed E-state index contributed by atoms with van der Waals surface area (Å²) in [5.41, 5.74) is 6.54. The lowest BCUT2D eigenvalue weighted by Crippen LogP contribution is -1.99. The molecule has 0 aromatic heterocycles. The second-order valence-electron chi connectivity index (χ2n) is 4.52.